The van der Waals surface area contributed by atoms with Gasteiger partial charge in [0.05, 0.1) is 0 Å². The third kappa shape index (κ3) is 2.86. The first-order chi connectivity index (χ1) is 13.8. The molecule has 0 bridgehead atoms. The minimum Gasteiger partial charge on any atom is -0.454 e. The van der Waals surface area contributed by atoms with E-state index in [4.69, 9.17) is 13.9 Å². The zero-order valence-electron chi connectivity index (χ0n) is 14.5. The van der Waals surface area contributed by atoms with Crippen LogP contribution in [0, 0.1) is 0 Å². The molecule has 1 aliphatic heterocycles. The van der Waals surface area contributed by atoms with Crippen LogP contribution in [0.15, 0.2) is 71.7 Å². The van der Waals surface area contributed by atoms with Crippen molar-refractivity contribution in [3.63, 3.8) is 0 Å². The van der Waals surface area contributed by atoms with Crippen LogP contribution >= 0.6 is 0 Å². The Morgan fingerprint density at radius 3 is 2.89 bits per heavy atom. The summed E-state index contributed by atoms with van der Waals surface area (Å²) in [4.78, 5) is 21.0. The number of rotatable bonds is 4. The minimum atomic E-state index is -0.367. The summed E-state index contributed by atoms with van der Waals surface area (Å²) in [5, 5.41) is 2.79. The number of anilines is 1. The summed E-state index contributed by atoms with van der Waals surface area (Å²) >= 11 is 0. The number of nitrogens with one attached hydrogen (secondary N) is 1. The number of carbonyl (C=O) groups is 1. The van der Waals surface area contributed by atoms with Gasteiger partial charge in [0.1, 0.15) is 5.82 Å². The van der Waals surface area contributed by atoms with Gasteiger partial charge >= 0.3 is 0 Å². The number of fused-ring (bicyclic) bond motifs is 1. The van der Waals surface area contributed by atoms with E-state index in [0.29, 0.717) is 28.9 Å². The molecule has 5 rings (SSSR count). The van der Waals surface area contributed by atoms with Crippen LogP contribution < -0.4 is 14.8 Å². The number of carbonyl (C=O) groups excluding carboxylic acids is 1. The number of pyridine rings is 1. The number of aromatic nitrogens is 3. The van der Waals surface area contributed by atoms with Crippen molar-refractivity contribution in [1.29, 1.82) is 0 Å². The first-order valence-electron chi connectivity index (χ1n) is 8.53. The maximum absolute atomic E-state index is 12.5. The number of hydrogen-bond acceptors (Lipinski definition) is 6. The van der Waals surface area contributed by atoms with Crippen LogP contribution in [0.2, 0.25) is 0 Å². The highest BCUT2D eigenvalue weighted by Gasteiger charge is 2.17. The molecule has 0 fully saturated rings. The lowest BCUT2D eigenvalue weighted by atomic mass is 10.2. The molecule has 1 amide bonds. The van der Waals surface area contributed by atoms with E-state index in [1.807, 2.05) is 12.1 Å². The Morgan fingerprint density at radius 1 is 1.07 bits per heavy atom. The van der Waals surface area contributed by atoms with Crippen molar-refractivity contribution in [2.24, 2.45) is 0 Å². The van der Waals surface area contributed by atoms with E-state index in [0.717, 1.165) is 5.56 Å². The first kappa shape index (κ1) is 16.1. The van der Waals surface area contributed by atoms with Gasteiger partial charge in [-0.05, 0) is 30.3 Å². The van der Waals surface area contributed by atoms with E-state index in [2.05, 4.69) is 15.3 Å². The molecule has 1 aliphatic rings. The van der Waals surface area contributed by atoms with Crippen LogP contribution in [0.4, 0.5) is 5.69 Å². The molecular formula is C20H14N4O4. The molecule has 138 valence electrons. The van der Waals surface area contributed by atoms with Crippen molar-refractivity contribution in [2.45, 2.75) is 0 Å². The van der Waals surface area contributed by atoms with Gasteiger partial charge in [0, 0.05) is 48.2 Å². The maximum atomic E-state index is 12.5. The molecule has 28 heavy (non-hydrogen) atoms. The molecule has 8 nitrogen and oxygen atoms in total. The largest absolute Gasteiger partial charge is 0.454 e. The van der Waals surface area contributed by atoms with Gasteiger partial charge in [0.15, 0.2) is 17.3 Å². The van der Waals surface area contributed by atoms with E-state index >= 15 is 0 Å². The number of imidazole rings is 1. The summed E-state index contributed by atoms with van der Waals surface area (Å²) in [5.41, 5.74) is 1.43. The zero-order valence-corrected chi connectivity index (χ0v) is 14.5. The third-order valence-electron chi connectivity index (χ3n) is 4.24. The van der Waals surface area contributed by atoms with Crippen LogP contribution in [-0.4, -0.2) is 27.2 Å². The second-order valence-electron chi connectivity index (χ2n) is 6.02. The molecule has 4 aromatic rings. The van der Waals surface area contributed by atoms with E-state index in [-0.39, 0.29) is 18.5 Å². The minimum absolute atomic E-state index is 0.179. The molecule has 0 saturated carbocycles. The second-order valence-corrected chi connectivity index (χ2v) is 6.02. The third-order valence-corrected chi connectivity index (χ3v) is 4.24. The predicted molar refractivity (Wildman–Crippen MR) is 99.6 cm³/mol. The molecule has 0 unspecified atom stereocenters. The summed E-state index contributed by atoms with van der Waals surface area (Å²) in [6.07, 6.45) is 6.84. The Morgan fingerprint density at radius 2 is 2.00 bits per heavy atom. The fourth-order valence-corrected chi connectivity index (χ4v) is 2.94. The summed E-state index contributed by atoms with van der Waals surface area (Å²) in [6.45, 7) is 0.179. The van der Waals surface area contributed by atoms with Crippen LogP contribution in [0.25, 0.3) is 17.3 Å². The van der Waals surface area contributed by atoms with Gasteiger partial charge in [-0.25, -0.2) is 4.98 Å². The summed E-state index contributed by atoms with van der Waals surface area (Å²) in [6, 6.07) is 12.3. The maximum Gasteiger partial charge on any atom is 0.291 e. The van der Waals surface area contributed by atoms with Crippen molar-refractivity contribution in [3.05, 3.63) is 73.0 Å². The lowest BCUT2D eigenvalue weighted by molar-refractivity contribution is 0.0996. The number of benzene rings is 1. The van der Waals surface area contributed by atoms with Gasteiger partial charge in [-0.3, -0.25) is 14.3 Å². The summed E-state index contributed by atoms with van der Waals surface area (Å²) in [5.74, 6) is 2.21. The standard InChI is InChI=1S/C20H14N4O4/c25-20(23-14-3-4-15-17(10-14)27-12-26-15)16-5-6-18(28-16)24-9-8-22-19(24)13-2-1-7-21-11-13/h1-11H,12H2,(H,23,25). The highest BCUT2D eigenvalue weighted by atomic mass is 16.7. The van der Waals surface area contributed by atoms with Gasteiger partial charge in [-0.15, -0.1) is 0 Å². The zero-order chi connectivity index (χ0) is 18.9. The van der Waals surface area contributed by atoms with Crippen molar-refractivity contribution < 1.29 is 18.7 Å². The molecule has 0 radical (unpaired) electrons. The number of ether oxygens (including phenoxy) is 2. The molecule has 4 heterocycles. The lowest BCUT2D eigenvalue weighted by Crippen LogP contribution is -2.10. The van der Waals surface area contributed by atoms with Crippen molar-refractivity contribution in [1.82, 2.24) is 14.5 Å². The van der Waals surface area contributed by atoms with E-state index < -0.39 is 0 Å². The number of amides is 1. The highest BCUT2D eigenvalue weighted by Crippen LogP contribution is 2.34. The van der Waals surface area contributed by atoms with Gasteiger partial charge in [-0.1, -0.05) is 0 Å². The van der Waals surface area contributed by atoms with E-state index in [1.165, 1.54) is 0 Å². The van der Waals surface area contributed by atoms with Gasteiger partial charge in [0.25, 0.3) is 5.91 Å². The average Bonchev–Trinajstić information content (AvgIpc) is 3.47. The number of hydrogen-bond donors (Lipinski definition) is 1. The van der Waals surface area contributed by atoms with Gasteiger partial charge in [0.2, 0.25) is 12.7 Å². The molecule has 1 N–H and O–H groups in total. The predicted octanol–water partition coefficient (Wildman–Crippen LogP) is 3.51. The molecule has 1 aromatic carbocycles. The van der Waals surface area contributed by atoms with Crippen LogP contribution in [0.1, 0.15) is 10.6 Å². The fourth-order valence-electron chi connectivity index (χ4n) is 2.94. The molecule has 0 aliphatic carbocycles. The average molecular weight is 374 g/mol. The number of nitrogens with zero attached hydrogens (tertiary/aromatic N) is 3. The van der Waals surface area contributed by atoms with Gasteiger partial charge in [-0.2, -0.15) is 0 Å². The Kier molecular flexibility index (Phi) is 3.79. The molecular weight excluding hydrogens is 360 g/mol. The van der Waals surface area contributed by atoms with Gasteiger partial charge < -0.3 is 19.2 Å². The Bertz CT molecular complexity index is 1150. The number of furan rings is 1. The monoisotopic (exact) mass is 374 g/mol. The van der Waals surface area contributed by atoms with Crippen molar-refractivity contribution >= 4 is 11.6 Å². The van der Waals surface area contributed by atoms with Crippen molar-refractivity contribution in [2.75, 3.05) is 12.1 Å². The quantitative estimate of drug-likeness (QED) is 0.588. The summed E-state index contributed by atoms with van der Waals surface area (Å²) < 4.78 is 18.1. The highest BCUT2D eigenvalue weighted by molar-refractivity contribution is 6.02. The molecule has 0 atom stereocenters. The van der Waals surface area contributed by atoms with E-state index in [9.17, 15) is 4.79 Å². The van der Waals surface area contributed by atoms with Crippen molar-refractivity contribution in [3.8, 4) is 28.8 Å². The first-order valence-corrected chi connectivity index (χ1v) is 8.53. The topological polar surface area (TPSA) is 91.4 Å². The van der Waals surface area contributed by atoms with Crippen LogP contribution in [0.5, 0.6) is 11.5 Å². The Hall–Kier alpha value is -4.07. The fraction of sp³-hybridized carbons (Fsp3) is 0.0500. The van der Waals surface area contributed by atoms with E-state index in [1.54, 1.807) is 59.7 Å². The molecule has 8 heteroatoms. The lowest BCUT2D eigenvalue weighted by Gasteiger charge is -2.05. The normalized spacial score (nSPS) is 12.1. The Labute approximate surface area is 159 Å². The molecule has 3 aromatic heterocycles. The Balaban J connectivity index is 1.38. The smallest absolute Gasteiger partial charge is 0.291 e. The second kappa shape index (κ2) is 6.58. The van der Waals surface area contributed by atoms with Crippen LogP contribution in [0.3, 0.4) is 0 Å². The molecule has 0 saturated heterocycles. The molecule has 0 spiro atoms. The SMILES string of the molecule is O=C(Nc1ccc2c(c1)OCO2)c1ccc(-n2ccnc2-c2cccnc2)o1. The van der Waals surface area contributed by atoms with Crippen LogP contribution in [-0.2, 0) is 0 Å². The summed E-state index contributed by atoms with van der Waals surface area (Å²) in [7, 11) is 0.